The fourth-order valence-electron chi connectivity index (χ4n) is 3.68. The third kappa shape index (κ3) is 7.71. The molecule has 28 heavy (non-hydrogen) atoms. The molecule has 2 atom stereocenters. The van der Waals surface area contributed by atoms with Gasteiger partial charge in [0.25, 0.3) is 0 Å². The molecule has 1 aliphatic carbocycles. The molecule has 1 fully saturated rings. The predicted molar refractivity (Wildman–Crippen MR) is 108 cm³/mol. The van der Waals surface area contributed by atoms with E-state index in [2.05, 4.69) is 10.6 Å². The summed E-state index contributed by atoms with van der Waals surface area (Å²) in [6.45, 7) is 1.88. The minimum absolute atomic E-state index is 0.000929. The molecule has 0 heterocycles. The molecule has 0 radical (unpaired) electrons. The maximum Gasteiger partial charge on any atom is 0.328 e. The largest absolute Gasteiger partial charge is 0.467 e. The highest BCUT2D eigenvalue weighted by molar-refractivity contribution is 5.85. The van der Waals surface area contributed by atoms with Gasteiger partial charge in [-0.1, -0.05) is 56.5 Å². The molecular formula is C22H32N2O4. The highest BCUT2D eigenvalue weighted by Gasteiger charge is 2.24. The fourth-order valence-corrected chi connectivity index (χ4v) is 3.68. The molecule has 0 aromatic heterocycles. The summed E-state index contributed by atoms with van der Waals surface area (Å²) in [5.74, 6) is -0.816. The van der Waals surface area contributed by atoms with E-state index in [1.807, 2.05) is 37.3 Å². The van der Waals surface area contributed by atoms with Crippen molar-refractivity contribution >= 4 is 17.8 Å². The molecule has 0 spiro atoms. The molecule has 0 aliphatic heterocycles. The number of rotatable bonds is 9. The van der Waals surface area contributed by atoms with Gasteiger partial charge in [0.05, 0.1) is 7.11 Å². The second-order valence-corrected chi connectivity index (χ2v) is 7.75. The van der Waals surface area contributed by atoms with Crippen LogP contribution in [-0.4, -0.2) is 37.0 Å². The number of nitrogens with one attached hydrogen (secondary N) is 2. The van der Waals surface area contributed by atoms with Crippen molar-refractivity contribution < 1.29 is 19.1 Å². The Morgan fingerprint density at radius 1 is 1.04 bits per heavy atom. The zero-order valence-corrected chi connectivity index (χ0v) is 16.9. The van der Waals surface area contributed by atoms with Gasteiger partial charge < -0.3 is 15.4 Å². The number of hydrogen-bond acceptors (Lipinski definition) is 4. The summed E-state index contributed by atoms with van der Waals surface area (Å²) in [6.07, 6.45) is 6.54. The summed E-state index contributed by atoms with van der Waals surface area (Å²) >= 11 is 0. The summed E-state index contributed by atoms with van der Waals surface area (Å²) in [7, 11) is 1.31. The molecule has 154 valence electrons. The molecule has 0 bridgehead atoms. The highest BCUT2D eigenvalue weighted by atomic mass is 16.5. The molecule has 6 nitrogen and oxygen atoms in total. The molecule has 0 unspecified atom stereocenters. The molecule has 6 heteroatoms. The zero-order chi connectivity index (χ0) is 20.4. The van der Waals surface area contributed by atoms with E-state index in [-0.39, 0.29) is 30.2 Å². The maximum absolute atomic E-state index is 12.4. The summed E-state index contributed by atoms with van der Waals surface area (Å²) < 4.78 is 4.82. The fraction of sp³-hybridized carbons (Fsp3) is 0.591. The summed E-state index contributed by atoms with van der Waals surface area (Å²) in [5.41, 5.74) is 0.943. The van der Waals surface area contributed by atoms with E-state index >= 15 is 0 Å². The van der Waals surface area contributed by atoms with Gasteiger partial charge in [-0.3, -0.25) is 9.59 Å². The SMILES string of the molecule is COC(=O)[C@H](Cc1ccccc1)NC(=O)C[C@H](C)CC(=O)NC1CCCCC1. The van der Waals surface area contributed by atoms with E-state index in [9.17, 15) is 14.4 Å². The Bertz CT molecular complexity index is 641. The second kappa shape index (κ2) is 11.5. The lowest BCUT2D eigenvalue weighted by Gasteiger charge is -2.23. The van der Waals surface area contributed by atoms with E-state index < -0.39 is 12.0 Å². The van der Waals surface area contributed by atoms with Crippen LogP contribution in [0, 0.1) is 5.92 Å². The number of carbonyl (C=O) groups excluding carboxylic acids is 3. The molecule has 1 aromatic rings. The molecule has 2 rings (SSSR count). The van der Waals surface area contributed by atoms with Gasteiger partial charge in [-0.2, -0.15) is 0 Å². The number of amides is 2. The molecule has 2 amide bonds. The lowest BCUT2D eigenvalue weighted by molar-refractivity contribution is -0.145. The Labute approximate surface area is 167 Å². The van der Waals surface area contributed by atoms with Crippen LogP contribution in [-0.2, 0) is 25.5 Å². The van der Waals surface area contributed by atoms with E-state index in [4.69, 9.17) is 4.74 Å². The quantitative estimate of drug-likeness (QED) is 0.637. The van der Waals surface area contributed by atoms with E-state index in [0.29, 0.717) is 12.8 Å². The third-order valence-corrected chi connectivity index (χ3v) is 5.14. The Morgan fingerprint density at radius 3 is 2.32 bits per heavy atom. The van der Waals surface area contributed by atoms with E-state index in [1.54, 1.807) is 0 Å². The van der Waals surface area contributed by atoms with Crippen molar-refractivity contribution in [3.63, 3.8) is 0 Å². The second-order valence-electron chi connectivity index (χ2n) is 7.75. The van der Waals surface area contributed by atoms with E-state index in [1.165, 1.54) is 26.4 Å². The van der Waals surface area contributed by atoms with Gasteiger partial charge in [0, 0.05) is 25.3 Å². The minimum atomic E-state index is -0.733. The van der Waals surface area contributed by atoms with Gasteiger partial charge in [0.1, 0.15) is 6.04 Å². The first-order valence-electron chi connectivity index (χ1n) is 10.2. The molecule has 1 saturated carbocycles. The van der Waals surface area contributed by atoms with Gasteiger partial charge in [-0.25, -0.2) is 4.79 Å². The molecular weight excluding hydrogens is 356 g/mol. The first-order valence-corrected chi connectivity index (χ1v) is 10.2. The predicted octanol–water partition coefficient (Wildman–Crippen LogP) is 2.75. The number of hydrogen-bond donors (Lipinski definition) is 2. The molecule has 0 saturated heterocycles. The lowest BCUT2D eigenvalue weighted by Crippen LogP contribution is -2.43. The normalized spacial score (nSPS) is 16.6. The third-order valence-electron chi connectivity index (χ3n) is 5.14. The first-order chi connectivity index (χ1) is 13.5. The maximum atomic E-state index is 12.4. The van der Waals surface area contributed by atoms with Crippen LogP contribution in [0.15, 0.2) is 30.3 Å². The molecule has 1 aromatic carbocycles. The van der Waals surface area contributed by atoms with Crippen LogP contribution in [0.3, 0.4) is 0 Å². The van der Waals surface area contributed by atoms with Crippen LogP contribution in [0.4, 0.5) is 0 Å². The highest BCUT2D eigenvalue weighted by Crippen LogP contribution is 2.18. The van der Waals surface area contributed by atoms with Crippen molar-refractivity contribution in [2.75, 3.05) is 7.11 Å². The number of benzene rings is 1. The van der Waals surface area contributed by atoms with Crippen LogP contribution >= 0.6 is 0 Å². The lowest BCUT2D eigenvalue weighted by atomic mass is 9.95. The Kier molecular flexibility index (Phi) is 8.98. The van der Waals surface area contributed by atoms with Crippen molar-refractivity contribution in [2.45, 2.75) is 70.4 Å². The Hall–Kier alpha value is -2.37. The molecule has 2 N–H and O–H groups in total. The average Bonchev–Trinajstić information content (AvgIpc) is 2.68. The smallest absolute Gasteiger partial charge is 0.328 e. The standard InChI is InChI=1S/C22H32N2O4/c1-16(13-20(25)23-18-11-7-4-8-12-18)14-21(26)24-19(22(27)28-2)15-17-9-5-3-6-10-17/h3,5-6,9-10,16,18-19H,4,7-8,11-15H2,1-2H3,(H,23,25)(H,24,26)/t16-,19+/m1/s1. The van der Waals surface area contributed by atoms with Crippen molar-refractivity contribution in [2.24, 2.45) is 5.92 Å². The average molecular weight is 389 g/mol. The number of carbonyl (C=O) groups is 3. The van der Waals surface area contributed by atoms with Crippen molar-refractivity contribution in [3.8, 4) is 0 Å². The van der Waals surface area contributed by atoms with Crippen molar-refractivity contribution in [1.29, 1.82) is 0 Å². The topological polar surface area (TPSA) is 84.5 Å². The van der Waals surface area contributed by atoms with Crippen molar-refractivity contribution in [3.05, 3.63) is 35.9 Å². The van der Waals surface area contributed by atoms with Gasteiger partial charge in [-0.05, 0) is 24.3 Å². The van der Waals surface area contributed by atoms with Crippen LogP contribution in [0.25, 0.3) is 0 Å². The van der Waals surface area contributed by atoms with Crippen LogP contribution in [0.1, 0.15) is 57.4 Å². The van der Waals surface area contributed by atoms with Gasteiger partial charge in [0.2, 0.25) is 11.8 Å². The summed E-state index contributed by atoms with van der Waals surface area (Å²) in [4.78, 5) is 36.6. The van der Waals surface area contributed by atoms with E-state index in [0.717, 1.165) is 18.4 Å². The number of methoxy groups -OCH3 is 1. The minimum Gasteiger partial charge on any atom is -0.467 e. The van der Waals surface area contributed by atoms with Crippen molar-refractivity contribution in [1.82, 2.24) is 10.6 Å². The number of esters is 1. The van der Waals surface area contributed by atoms with Crippen LogP contribution < -0.4 is 10.6 Å². The number of ether oxygens (including phenoxy) is 1. The monoisotopic (exact) mass is 388 g/mol. The first kappa shape index (κ1) is 21.9. The van der Waals surface area contributed by atoms with Gasteiger partial charge >= 0.3 is 5.97 Å². The zero-order valence-electron chi connectivity index (χ0n) is 16.9. The van der Waals surface area contributed by atoms with Crippen LogP contribution in [0.5, 0.6) is 0 Å². The van der Waals surface area contributed by atoms with Gasteiger partial charge in [0.15, 0.2) is 0 Å². The summed E-state index contributed by atoms with van der Waals surface area (Å²) in [5, 5.41) is 5.84. The Balaban J connectivity index is 1.80. The molecule has 1 aliphatic rings. The summed E-state index contributed by atoms with van der Waals surface area (Å²) in [6, 6.07) is 9.02. The van der Waals surface area contributed by atoms with Gasteiger partial charge in [-0.15, -0.1) is 0 Å². The van der Waals surface area contributed by atoms with Crippen LogP contribution in [0.2, 0.25) is 0 Å². The Morgan fingerprint density at radius 2 is 1.68 bits per heavy atom.